The second-order valence-electron chi connectivity index (χ2n) is 7.37. The minimum atomic E-state index is 0. The van der Waals surface area contributed by atoms with E-state index >= 15 is 0 Å². The first-order valence-corrected chi connectivity index (χ1v) is 10.1. The molecule has 6 nitrogen and oxygen atoms in total. The lowest BCUT2D eigenvalue weighted by atomic mass is 10.2. The minimum Gasteiger partial charge on any atom is -0.369 e. The number of nitrogens with zero attached hydrogens (tertiary/aromatic N) is 4. The second-order valence-corrected chi connectivity index (χ2v) is 7.37. The second kappa shape index (κ2) is 11.0. The Bertz CT molecular complexity index is 925. The predicted molar refractivity (Wildman–Crippen MR) is 134 cm³/mol. The first kappa shape index (κ1) is 22.1. The van der Waals surface area contributed by atoms with Gasteiger partial charge in [-0.25, -0.2) is 0 Å². The van der Waals surface area contributed by atoms with E-state index < -0.39 is 0 Å². The highest BCUT2D eigenvalue weighted by Gasteiger charge is 2.23. The van der Waals surface area contributed by atoms with E-state index in [4.69, 9.17) is 0 Å². The molecule has 1 saturated heterocycles. The van der Waals surface area contributed by atoms with E-state index in [2.05, 4.69) is 86.4 Å². The Labute approximate surface area is 195 Å². The van der Waals surface area contributed by atoms with Crippen molar-refractivity contribution in [3.05, 3.63) is 84.2 Å². The molecule has 1 fully saturated rings. The van der Waals surface area contributed by atoms with Gasteiger partial charge in [-0.15, -0.1) is 24.0 Å². The number of aliphatic imine (C=N–C) groups is 1. The quantitative estimate of drug-likeness (QED) is 0.299. The lowest BCUT2D eigenvalue weighted by Gasteiger charge is -2.20. The highest BCUT2D eigenvalue weighted by molar-refractivity contribution is 14.0. The van der Waals surface area contributed by atoms with E-state index in [9.17, 15) is 0 Å². The van der Waals surface area contributed by atoms with Crippen LogP contribution in [0.2, 0.25) is 0 Å². The van der Waals surface area contributed by atoms with Crippen LogP contribution in [0.3, 0.4) is 0 Å². The number of nitrogens with one attached hydrogen (secondary N) is 2. The molecule has 0 saturated carbocycles. The number of aromatic nitrogens is 2. The summed E-state index contributed by atoms with van der Waals surface area (Å²) in [5.74, 6) is 0.834. The summed E-state index contributed by atoms with van der Waals surface area (Å²) < 4.78 is 1.97. The maximum Gasteiger partial charge on any atom is 0.191 e. The van der Waals surface area contributed by atoms with Crippen LogP contribution in [0.5, 0.6) is 0 Å². The average Bonchev–Trinajstić information content (AvgIpc) is 3.42. The zero-order chi connectivity index (χ0) is 19.9. The topological polar surface area (TPSA) is 57.5 Å². The maximum atomic E-state index is 4.47. The van der Waals surface area contributed by atoms with E-state index in [1.807, 2.05) is 24.0 Å². The maximum absolute atomic E-state index is 4.47. The molecule has 1 aromatic heterocycles. The van der Waals surface area contributed by atoms with Crippen LogP contribution in [0.15, 0.2) is 78.0 Å². The van der Waals surface area contributed by atoms with Gasteiger partial charge in [0.25, 0.3) is 0 Å². The predicted octanol–water partition coefficient (Wildman–Crippen LogP) is 3.49. The summed E-state index contributed by atoms with van der Waals surface area (Å²) in [6, 6.07) is 21.3. The Hall–Kier alpha value is -2.55. The number of halogens is 1. The summed E-state index contributed by atoms with van der Waals surface area (Å²) in [7, 11) is 1.82. The highest BCUT2D eigenvalue weighted by atomic mass is 127. The van der Waals surface area contributed by atoms with Crippen molar-refractivity contribution in [3.63, 3.8) is 0 Å². The third-order valence-corrected chi connectivity index (χ3v) is 5.21. The van der Waals surface area contributed by atoms with Gasteiger partial charge in [-0.3, -0.25) is 9.67 Å². The van der Waals surface area contributed by atoms with Crippen molar-refractivity contribution < 1.29 is 0 Å². The summed E-state index contributed by atoms with van der Waals surface area (Å²) >= 11 is 0. The number of benzene rings is 2. The van der Waals surface area contributed by atoms with Crippen LogP contribution in [0, 0.1) is 0 Å². The molecule has 0 aliphatic carbocycles. The SMILES string of the molecule is CN=C(NCc1cnn(Cc2ccccc2)c1)NC1CCN(c2ccccc2)C1.I. The normalized spacial score (nSPS) is 16.2. The Morgan fingerprint density at radius 1 is 1.07 bits per heavy atom. The van der Waals surface area contributed by atoms with Crippen molar-refractivity contribution in [1.82, 2.24) is 20.4 Å². The zero-order valence-electron chi connectivity index (χ0n) is 17.2. The third-order valence-electron chi connectivity index (χ3n) is 5.21. The standard InChI is InChI=1S/C23H28N6.HI/c1-24-23(27-21-12-13-28(18-21)22-10-6-3-7-11-22)25-14-20-15-26-29(17-20)16-19-8-4-2-5-9-19;/h2-11,15,17,21H,12-14,16,18H2,1H3,(H2,24,25,27);1H. The Morgan fingerprint density at radius 3 is 2.53 bits per heavy atom. The van der Waals surface area contributed by atoms with Gasteiger partial charge < -0.3 is 15.5 Å². The van der Waals surface area contributed by atoms with Crippen LogP contribution in [0.25, 0.3) is 0 Å². The molecule has 2 N–H and O–H groups in total. The molecule has 1 aliphatic heterocycles. The fourth-order valence-corrected chi connectivity index (χ4v) is 3.68. The fraction of sp³-hybridized carbons (Fsp3) is 0.304. The van der Waals surface area contributed by atoms with Crippen molar-refractivity contribution in [1.29, 1.82) is 0 Å². The van der Waals surface area contributed by atoms with Crippen LogP contribution in [0.4, 0.5) is 5.69 Å². The fourth-order valence-electron chi connectivity index (χ4n) is 3.68. The lowest BCUT2D eigenvalue weighted by Crippen LogP contribution is -2.44. The van der Waals surface area contributed by atoms with Gasteiger partial charge in [0.1, 0.15) is 0 Å². The molecule has 7 heteroatoms. The molecule has 1 atom stereocenters. The van der Waals surface area contributed by atoms with Gasteiger partial charge in [-0.1, -0.05) is 48.5 Å². The van der Waals surface area contributed by atoms with Crippen LogP contribution in [-0.4, -0.2) is 41.9 Å². The molecule has 1 unspecified atom stereocenters. The summed E-state index contributed by atoms with van der Waals surface area (Å²) in [6.07, 6.45) is 5.10. The van der Waals surface area contributed by atoms with Gasteiger partial charge in [0.15, 0.2) is 5.96 Å². The Morgan fingerprint density at radius 2 is 1.80 bits per heavy atom. The largest absolute Gasteiger partial charge is 0.369 e. The molecule has 4 rings (SSSR count). The first-order chi connectivity index (χ1) is 14.3. The Balaban J connectivity index is 0.00000256. The molecule has 2 heterocycles. The molecule has 158 valence electrons. The van der Waals surface area contributed by atoms with E-state index in [0.717, 1.165) is 37.6 Å². The van der Waals surface area contributed by atoms with Gasteiger partial charge >= 0.3 is 0 Å². The molecule has 30 heavy (non-hydrogen) atoms. The molecule has 0 spiro atoms. The molecular formula is C23H29IN6. The number of rotatable bonds is 6. The van der Waals surface area contributed by atoms with Crippen molar-refractivity contribution in [2.45, 2.75) is 25.6 Å². The smallest absolute Gasteiger partial charge is 0.191 e. The van der Waals surface area contributed by atoms with E-state index in [1.165, 1.54) is 11.3 Å². The van der Waals surface area contributed by atoms with Crippen LogP contribution < -0.4 is 15.5 Å². The van der Waals surface area contributed by atoms with Crippen LogP contribution >= 0.6 is 24.0 Å². The summed E-state index contributed by atoms with van der Waals surface area (Å²) in [4.78, 5) is 6.80. The monoisotopic (exact) mass is 516 g/mol. The first-order valence-electron chi connectivity index (χ1n) is 10.1. The van der Waals surface area contributed by atoms with Crippen molar-refractivity contribution >= 4 is 35.6 Å². The summed E-state index contributed by atoms with van der Waals surface area (Å²) in [5, 5.41) is 11.4. The number of anilines is 1. The minimum absolute atomic E-state index is 0. The van der Waals surface area contributed by atoms with Gasteiger partial charge in [-0.05, 0) is 24.1 Å². The zero-order valence-corrected chi connectivity index (χ0v) is 19.6. The molecule has 0 bridgehead atoms. The van der Waals surface area contributed by atoms with Crippen LogP contribution in [0.1, 0.15) is 17.5 Å². The van der Waals surface area contributed by atoms with Gasteiger partial charge in [0, 0.05) is 50.2 Å². The van der Waals surface area contributed by atoms with E-state index in [-0.39, 0.29) is 24.0 Å². The molecule has 3 aromatic rings. The summed E-state index contributed by atoms with van der Waals surface area (Å²) in [5.41, 5.74) is 3.67. The van der Waals surface area contributed by atoms with Crippen LogP contribution in [-0.2, 0) is 13.1 Å². The molecule has 0 radical (unpaired) electrons. The lowest BCUT2D eigenvalue weighted by molar-refractivity contribution is 0.648. The van der Waals surface area contributed by atoms with Gasteiger partial charge in [0.05, 0.1) is 12.7 Å². The summed E-state index contributed by atoms with van der Waals surface area (Å²) in [6.45, 7) is 3.53. The molecular weight excluding hydrogens is 487 g/mol. The van der Waals surface area contributed by atoms with Gasteiger partial charge in [-0.2, -0.15) is 5.10 Å². The highest BCUT2D eigenvalue weighted by Crippen LogP contribution is 2.19. The van der Waals surface area contributed by atoms with Crippen molar-refractivity contribution in [2.24, 2.45) is 4.99 Å². The molecule has 1 aliphatic rings. The Kier molecular flexibility index (Phi) is 8.12. The molecule has 0 amide bonds. The average molecular weight is 516 g/mol. The van der Waals surface area contributed by atoms with E-state index in [1.54, 1.807) is 0 Å². The third kappa shape index (κ3) is 5.98. The van der Waals surface area contributed by atoms with Gasteiger partial charge in [0.2, 0.25) is 0 Å². The number of hydrogen-bond acceptors (Lipinski definition) is 3. The van der Waals surface area contributed by atoms with Crippen molar-refractivity contribution in [3.8, 4) is 0 Å². The van der Waals surface area contributed by atoms with E-state index in [0.29, 0.717) is 12.6 Å². The number of para-hydroxylation sites is 1. The molecule has 2 aromatic carbocycles. The number of hydrogen-bond donors (Lipinski definition) is 2. The van der Waals surface area contributed by atoms with Crippen molar-refractivity contribution in [2.75, 3.05) is 25.0 Å². The number of guanidine groups is 1.